The smallest absolute Gasteiger partial charge is 0.184 e. The highest BCUT2D eigenvalue weighted by molar-refractivity contribution is 6.69. The second-order valence-corrected chi connectivity index (χ2v) is 14.6. The lowest BCUT2D eigenvalue weighted by Gasteiger charge is -2.48. The molecule has 0 fully saturated rings. The summed E-state index contributed by atoms with van der Waals surface area (Å²) in [5.41, 5.74) is 7.27. The van der Waals surface area contributed by atoms with Crippen molar-refractivity contribution >= 4 is 19.2 Å². The van der Waals surface area contributed by atoms with Crippen LogP contribution >= 0.6 is 0 Å². The third-order valence-corrected chi connectivity index (χ3v) is 8.00. The van der Waals surface area contributed by atoms with Gasteiger partial charge in [0.05, 0.1) is 12.1 Å². The van der Waals surface area contributed by atoms with Crippen molar-refractivity contribution in [3.63, 3.8) is 0 Å². The Morgan fingerprint density at radius 2 is 1.71 bits per heavy atom. The molecule has 0 N–H and O–H groups in total. The Hall–Kier alpha value is -2.14. The van der Waals surface area contributed by atoms with E-state index in [9.17, 15) is 0 Å². The Labute approximate surface area is 187 Å². The molecule has 0 saturated carbocycles. The van der Waals surface area contributed by atoms with Gasteiger partial charge in [0.2, 0.25) is 0 Å². The van der Waals surface area contributed by atoms with E-state index in [1.54, 1.807) is 5.56 Å². The second kappa shape index (κ2) is 7.77. The molecule has 1 unspecified atom stereocenters. The molecular formula is C27H34N2OSi. The first-order chi connectivity index (χ1) is 14.8. The van der Waals surface area contributed by atoms with Crippen LogP contribution in [0.1, 0.15) is 36.2 Å². The zero-order valence-corrected chi connectivity index (χ0v) is 20.4. The number of hydrogen-bond donors (Lipinski definition) is 0. The highest BCUT2D eigenvalue weighted by Crippen LogP contribution is 2.46. The number of para-hydroxylation sites is 1. The molecule has 0 amide bonds. The molecule has 0 radical (unpaired) electrons. The fourth-order valence-corrected chi connectivity index (χ4v) is 7.00. The van der Waals surface area contributed by atoms with Gasteiger partial charge >= 0.3 is 0 Å². The lowest BCUT2D eigenvalue weighted by Crippen LogP contribution is -2.49. The monoisotopic (exact) mass is 430 g/mol. The molecule has 3 atom stereocenters. The average molecular weight is 431 g/mol. The number of benzene rings is 2. The Morgan fingerprint density at radius 3 is 2.45 bits per heavy atom. The Kier molecular flexibility index (Phi) is 5.20. The Balaban J connectivity index is 1.60. The van der Waals surface area contributed by atoms with Crippen LogP contribution in [0.15, 0.2) is 66.2 Å². The van der Waals surface area contributed by atoms with Gasteiger partial charge in [-0.05, 0) is 62.2 Å². The van der Waals surface area contributed by atoms with E-state index < -0.39 is 8.32 Å². The van der Waals surface area contributed by atoms with Crippen LogP contribution in [-0.2, 0) is 24.4 Å². The molecule has 2 aliphatic rings. The van der Waals surface area contributed by atoms with E-state index in [-0.39, 0.29) is 6.10 Å². The van der Waals surface area contributed by atoms with Crippen molar-refractivity contribution in [1.82, 2.24) is 9.47 Å². The standard InChI is InChI=1S/C27H34N2OSi/c1-19(30-31(3,4)5)21-15-16-25-27-23(22-13-9-10-14-24(22)28(27)2)17-26(21)29(25)18-20-11-7-6-8-12-20/h6-15,19,25-26H,16-18H2,1-5H3/t19?,25-,26-/m0/s1. The lowest BCUT2D eigenvalue weighted by molar-refractivity contribution is 0.0932. The largest absolute Gasteiger partial charge is 0.411 e. The normalized spacial score (nSPS) is 22.3. The van der Waals surface area contributed by atoms with Crippen molar-refractivity contribution in [1.29, 1.82) is 0 Å². The number of hydrogen-bond acceptors (Lipinski definition) is 2. The molecule has 5 rings (SSSR count). The fourth-order valence-electron chi connectivity index (χ4n) is 5.81. The maximum absolute atomic E-state index is 6.59. The maximum Gasteiger partial charge on any atom is 0.184 e. The molecule has 31 heavy (non-hydrogen) atoms. The third kappa shape index (κ3) is 3.71. The van der Waals surface area contributed by atoms with Crippen LogP contribution in [0.5, 0.6) is 0 Å². The summed E-state index contributed by atoms with van der Waals surface area (Å²) < 4.78 is 9.04. The molecule has 2 aromatic carbocycles. The highest BCUT2D eigenvalue weighted by Gasteiger charge is 2.43. The zero-order chi connectivity index (χ0) is 21.8. The summed E-state index contributed by atoms with van der Waals surface area (Å²) in [7, 11) is 0.632. The second-order valence-electron chi connectivity index (χ2n) is 10.1. The van der Waals surface area contributed by atoms with Crippen LogP contribution in [0.4, 0.5) is 0 Å². The van der Waals surface area contributed by atoms with E-state index in [0.29, 0.717) is 12.1 Å². The maximum atomic E-state index is 6.59. The van der Waals surface area contributed by atoms with Gasteiger partial charge in [-0.2, -0.15) is 0 Å². The molecule has 162 valence electrons. The van der Waals surface area contributed by atoms with Gasteiger partial charge in [0.15, 0.2) is 8.32 Å². The van der Waals surface area contributed by atoms with Crippen LogP contribution in [-0.4, -0.2) is 29.9 Å². The van der Waals surface area contributed by atoms with Gasteiger partial charge in [-0.3, -0.25) is 4.90 Å². The first kappa shape index (κ1) is 20.7. The van der Waals surface area contributed by atoms with Crippen molar-refractivity contribution in [2.45, 2.75) is 64.1 Å². The highest BCUT2D eigenvalue weighted by atomic mass is 28.4. The van der Waals surface area contributed by atoms with E-state index in [0.717, 1.165) is 19.4 Å². The number of fused-ring (bicyclic) bond motifs is 6. The van der Waals surface area contributed by atoms with E-state index in [1.807, 2.05) is 0 Å². The summed E-state index contributed by atoms with van der Waals surface area (Å²) in [6.45, 7) is 10.1. The fraction of sp³-hybridized carbons (Fsp3) is 0.407. The van der Waals surface area contributed by atoms with Gasteiger partial charge in [0.25, 0.3) is 0 Å². The predicted molar refractivity (Wildman–Crippen MR) is 132 cm³/mol. The summed E-state index contributed by atoms with van der Waals surface area (Å²) in [5, 5.41) is 1.43. The molecule has 4 heteroatoms. The van der Waals surface area contributed by atoms with Crippen LogP contribution in [0.25, 0.3) is 10.9 Å². The summed E-state index contributed by atoms with van der Waals surface area (Å²) in [4.78, 5) is 2.75. The van der Waals surface area contributed by atoms with Crippen molar-refractivity contribution in [2.75, 3.05) is 0 Å². The number of aryl methyl sites for hydroxylation is 1. The minimum absolute atomic E-state index is 0.174. The average Bonchev–Trinajstić information content (AvgIpc) is 3.00. The SMILES string of the molecule is CC(O[Si](C)(C)C)C1=CC[C@H]2c3c(c4ccccc4n3C)C[C@@H]1N2Cc1ccccc1. The van der Waals surface area contributed by atoms with Crippen LogP contribution in [0.3, 0.4) is 0 Å². The topological polar surface area (TPSA) is 17.4 Å². The quantitative estimate of drug-likeness (QED) is 0.353. The third-order valence-electron chi connectivity index (χ3n) is 6.94. The Morgan fingerprint density at radius 1 is 1.00 bits per heavy atom. The van der Waals surface area contributed by atoms with Gasteiger partial charge in [-0.15, -0.1) is 0 Å². The molecule has 0 spiro atoms. The summed E-state index contributed by atoms with van der Waals surface area (Å²) >= 11 is 0. The minimum Gasteiger partial charge on any atom is -0.411 e. The molecule has 0 aliphatic carbocycles. The van der Waals surface area contributed by atoms with Gasteiger partial charge in [0, 0.05) is 36.2 Å². The molecule has 0 saturated heterocycles. The number of rotatable bonds is 5. The molecule has 2 aliphatic heterocycles. The van der Waals surface area contributed by atoms with Crippen LogP contribution in [0, 0.1) is 0 Å². The molecule has 3 heterocycles. The number of aromatic nitrogens is 1. The molecular weight excluding hydrogens is 396 g/mol. The van der Waals surface area contributed by atoms with Gasteiger partial charge in [-0.1, -0.05) is 54.6 Å². The summed E-state index contributed by atoms with van der Waals surface area (Å²) in [5.74, 6) is 0. The van der Waals surface area contributed by atoms with Gasteiger partial charge < -0.3 is 8.99 Å². The minimum atomic E-state index is -1.62. The van der Waals surface area contributed by atoms with E-state index in [2.05, 4.69) is 104 Å². The first-order valence-electron chi connectivity index (χ1n) is 11.6. The van der Waals surface area contributed by atoms with Gasteiger partial charge in [0.1, 0.15) is 0 Å². The van der Waals surface area contributed by atoms with E-state index in [1.165, 1.54) is 27.7 Å². The van der Waals surface area contributed by atoms with Crippen LogP contribution < -0.4 is 0 Å². The van der Waals surface area contributed by atoms with Gasteiger partial charge in [-0.25, -0.2) is 0 Å². The van der Waals surface area contributed by atoms with Crippen molar-refractivity contribution in [3.05, 3.63) is 83.1 Å². The molecule has 3 aromatic rings. The summed E-state index contributed by atoms with van der Waals surface area (Å²) in [6.07, 6.45) is 4.79. The van der Waals surface area contributed by atoms with Crippen LogP contribution in [0.2, 0.25) is 19.6 Å². The van der Waals surface area contributed by atoms with Crippen molar-refractivity contribution < 1.29 is 4.43 Å². The predicted octanol–water partition coefficient (Wildman–Crippen LogP) is 6.22. The number of nitrogens with zero attached hydrogens (tertiary/aromatic N) is 2. The Bertz CT molecular complexity index is 1130. The zero-order valence-electron chi connectivity index (χ0n) is 19.4. The lowest BCUT2D eigenvalue weighted by atomic mass is 9.80. The summed E-state index contributed by atoms with van der Waals surface area (Å²) in [6, 6.07) is 20.7. The molecule has 3 nitrogen and oxygen atoms in total. The molecule has 2 bridgehead atoms. The molecule has 1 aromatic heterocycles. The first-order valence-corrected chi connectivity index (χ1v) is 15.0. The van der Waals surface area contributed by atoms with E-state index in [4.69, 9.17) is 4.43 Å². The van der Waals surface area contributed by atoms with Crippen molar-refractivity contribution in [3.8, 4) is 0 Å². The van der Waals surface area contributed by atoms with E-state index >= 15 is 0 Å². The van der Waals surface area contributed by atoms with Crippen molar-refractivity contribution in [2.24, 2.45) is 7.05 Å².